The lowest BCUT2D eigenvalue weighted by Crippen LogP contribution is -2.41. The van der Waals surface area contributed by atoms with Gasteiger partial charge < -0.3 is 4.57 Å². The van der Waals surface area contributed by atoms with Crippen LogP contribution in [0.5, 0.6) is 0 Å². The van der Waals surface area contributed by atoms with Gasteiger partial charge in [0, 0.05) is 43.6 Å². The summed E-state index contributed by atoms with van der Waals surface area (Å²) in [5.41, 5.74) is 4.51. The van der Waals surface area contributed by atoms with Gasteiger partial charge in [0.15, 0.2) is 0 Å². The average Bonchev–Trinajstić information content (AvgIpc) is 3.15. The summed E-state index contributed by atoms with van der Waals surface area (Å²) in [5.74, 6) is -0.0626. The fourth-order valence-electron chi connectivity index (χ4n) is 4.08. The Bertz CT molecular complexity index is 1110. The van der Waals surface area contributed by atoms with Gasteiger partial charge in [-0.05, 0) is 47.4 Å². The molecule has 1 aliphatic heterocycles. The molecule has 3 aromatic rings. The predicted octanol–water partition coefficient (Wildman–Crippen LogP) is 3.90. The number of sulfonamides is 1. The molecule has 30 heavy (non-hydrogen) atoms. The Morgan fingerprint density at radius 1 is 1.03 bits per heavy atom. The highest BCUT2D eigenvalue weighted by Gasteiger charge is 2.27. The van der Waals surface area contributed by atoms with Crippen molar-refractivity contribution in [3.05, 3.63) is 94.3 Å². The number of aromatic nitrogens is 1. The minimum atomic E-state index is -3.47. The van der Waals surface area contributed by atoms with Gasteiger partial charge in [-0.15, -0.1) is 0 Å². The first-order chi connectivity index (χ1) is 14.4. The van der Waals surface area contributed by atoms with Crippen molar-refractivity contribution in [1.82, 2.24) is 14.2 Å². The van der Waals surface area contributed by atoms with Gasteiger partial charge in [0.2, 0.25) is 10.0 Å². The van der Waals surface area contributed by atoms with Gasteiger partial charge >= 0.3 is 0 Å². The highest BCUT2D eigenvalue weighted by molar-refractivity contribution is 7.88. The number of benzene rings is 2. The van der Waals surface area contributed by atoms with Crippen molar-refractivity contribution in [1.29, 1.82) is 0 Å². The first kappa shape index (κ1) is 21.1. The van der Waals surface area contributed by atoms with E-state index in [0.29, 0.717) is 17.1 Å². The van der Waals surface area contributed by atoms with Crippen LogP contribution in [-0.2, 0) is 35.8 Å². The molecule has 0 fully saturated rings. The van der Waals surface area contributed by atoms with Crippen molar-refractivity contribution in [2.45, 2.75) is 24.8 Å². The normalized spacial score (nSPS) is 15.7. The van der Waals surface area contributed by atoms with Gasteiger partial charge in [-0.1, -0.05) is 48.0 Å². The minimum Gasteiger partial charge on any atom is -0.353 e. The molecule has 0 amide bonds. The molecule has 2 heterocycles. The summed E-state index contributed by atoms with van der Waals surface area (Å²) in [7, 11) is -1.47. The maximum absolute atomic E-state index is 12.8. The second kappa shape index (κ2) is 8.94. The molecule has 0 bridgehead atoms. The number of nitrogens with zero attached hydrogens (tertiary/aromatic N) is 2. The zero-order valence-electron chi connectivity index (χ0n) is 17.0. The summed E-state index contributed by atoms with van der Waals surface area (Å²) in [6.07, 6.45) is 2.97. The SMILES string of the molecule is Cn1cccc1C(CNS(=O)(=O)Cc1ccc(Cl)cc1)N1CCc2ccccc2C1. The maximum Gasteiger partial charge on any atom is 0.215 e. The van der Waals surface area contributed by atoms with Crippen LogP contribution in [0.4, 0.5) is 0 Å². The van der Waals surface area contributed by atoms with Gasteiger partial charge in [0.05, 0.1) is 11.8 Å². The molecular weight excluding hydrogens is 418 g/mol. The summed E-state index contributed by atoms with van der Waals surface area (Å²) in [5, 5.41) is 0.596. The number of aryl methyl sites for hydroxylation is 1. The third-order valence-electron chi connectivity index (χ3n) is 5.69. The number of nitrogens with one attached hydrogen (secondary N) is 1. The summed E-state index contributed by atoms with van der Waals surface area (Å²) in [6, 6.07) is 19.4. The van der Waals surface area contributed by atoms with Gasteiger partial charge in [-0.2, -0.15) is 0 Å². The van der Waals surface area contributed by atoms with E-state index in [4.69, 9.17) is 11.6 Å². The van der Waals surface area contributed by atoms with Crippen molar-refractivity contribution in [3.63, 3.8) is 0 Å². The Balaban J connectivity index is 1.51. The van der Waals surface area contributed by atoms with Crippen LogP contribution in [-0.4, -0.2) is 31.0 Å². The molecule has 5 nitrogen and oxygen atoms in total. The van der Waals surface area contributed by atoms with Crippen LogP contribution in [0.1, 0.15) is 28.4 Å². The van der Waals surface area contributed by atoms with Crippen molar-refractivity contribution in [2.75, 3.05) is 13.1 Å². The fraction of sp³-hybridized carbons (Fsp3) is 0.304. The lowest BCUT2D eigenvalue weighted by Gasteiger charge is -2.36. The summed E-state index contributed by atoms with van der Waals surface area (Å²) in [4.78, 5) is 2.36. The lowest BCUT2D eigenvalue weighted by atomic mass is 9.98. The summed E-state index contributed by atoms with van der Waals surface area (Å²) >= 11 is 5.91. The molecule has 0 aliphatic carbocycles. The standard InChI is InChI=1S/C23H26ClN3O2S/c1-26-13-4-7-22(26)23(27-14-12-19-5-2-3-6-20(19)16-27)15-25-30(28,29)17-18-8-10-21(24)11-9-18/h2-11,13,23,25H,12,14-17H2,1H3. The molecule has 1 unspecified atom stereocenters. The fourth-order valence-corrected chi connectivity index (χ4v) is 5.35. The van der Waals surface area contributed by atoms with Crippen LogP contribution in [0.2, 0.25) is 5.02 Å². The van der Waals surface area contributed by atoms with E-state index in [1.807, 2.05) is 19.3 Å². The third-order valence-corrected chi connectivity index (χ3v) is 7.26. The van der Waals surface area contributed by atoms with Gasteiger partial charge in [0.25, 0.3) is 0 Å². The van der Waals surface area contributed by atoms with E-state index in [9.17, 15) is 8.42 Å². The van der Waals surface area contributed by atoms with Crippen LogP contribution in [0, 0.1) is 0 Å². The Kier molecular flexibility index (Phi) is 6.29. The quantitative estimate of drug-likeness (QED) is 0.602. The van der Waals surface area contributed by atoms with Crippen molar-refractivity contribution >= 4 is 21.6 Å². The Morgan fingerprint density at radius 3 is 2.47 bits per heavy atom. The van der Waals surface area contributed by atoms with E-state index in [1.54, 1.807) is 24.3 Å². The monoisotopic (exact) mass is 443 g/mol. The van der Waals surface area contributed by atoms with E-state index < -0.39 is 10.0 Å². The average molecular weight is 444 g/mol. The summed E-state index contributed by atoms with van der Waals surface area (Å²) in [6.45, 7) is 2.03. The predicted molar refractivity (Wildman–Crippen MR) is 121 cm³/mol. The van der Waals surface area contributed by atoms with E-state index in [1.165, 1.54) is 11.1 Å². The first-order valence-corrected chi connectivity index (χ1v) is 12.1. The molecule has 2 aromatic carbocycles. The highest BCUT2D eigenvalue weighted by atomic mass is 35.5. The third kappa shape index (κ3) is 4.95. The largest absolute Gasteiger partial charge is 0.353 e. The molecule has 0 spiro atoms. The van der Waals surface area contributed by atoms with E-state index in [2.05, 4.69) is 44.5 Å². The molecule has 1 N–H and O–H groups in total. The molecule has 0 saturated heterocycles. The molecule has 158 valence electrons. The van der Waals surface area contributed by atoms with Crippen molar-refractivity contribution < 1.29 is 8.42 Å². The van der Waals surface area contributed by atoms with E-state index in [0.717, 1.165) is 25.2 Å². The molecule has 1 aromatic heterocycles. The Labute approximate surface area is 183 Å². The number of hydrogen-bond donors (Lipinski definition) is 1. The van der Waals surface area contributed by atoms with Crippen LogP contribution in [0.3, 0.4) is 0 Å². The lowest BCUT2D eigenvalue weighted by molar-refractivity contribution is 0.174. The number of fused-ring (bicyclic) bond motifs is 1. The second-order valence-electron chi connectivity index (χ2n) is 7.78. The van der Waals surface area contributed by atoms with E-state index in [-0.39, 0.29) is 11.8 Å². The number of halogens is 1. The van der Waals surface area contributed by atoms with Gasteiger partial charge in [-0.25, -0.2) is 13.1 Å². The molecule has 1 atom stereocenters. The number of hydrogen-bond acceptors (Lipinski definition) is 3. The topological polar surface area (TPSA) is 54.3 Å². The highest BCUT2D eigenvalue weighted by Crippen LogP contribution is 2.28. The molecule has 1 aliphatic rings. The van der Waals surface area contributed by atoms with E-state index >= 15 is 0 Å². The Hall–Kier alpha value is -2.12. The molecule has 7 heteroatoms. The van der Waals surface area contributed by atoms with Gasteiger partial charge in [-0.3, -0.25) is 4.90 Å². The second-order valence-corrected chi connectivity index (χ2v) is 10.0. The van der Waals surface area contributed by atoms with Crippen LogP contribution in [0.15, 0.2) is 66.9 Å². The van der Waals surface area contributed by atoms with Crippen molar-refractivity contribution in [3.8, 4) is 0 Å². The van der Waals surface area contributed by atoms with Gasteiger partial charge in [0.1, 0.15) is 0 Å². The maximum atomic E-state index is 12.8. The zero-order valence-corrected chi connectivity index (χ0v) is 18.5. The minimum absolute atomic E-state index is 0.0432. The molecule has 4 rings (SSSR count). The van der Waals surface area contributed by atoms with Crippen LogP contribution in [0.25, 0.3) is 0 Å². The van der Waals surface area contributed by atoms with Crippen LogP contribution >= 0.6 is 11.6 Å². The number of rotatable bonds is 7. The van der Waals surface area contributed by atoms with Crippen molar-refractivity contribution in [2.24, 2.45) is 7.05 Å². The zero-order chi connectivity index (χ0) is 21.1. The molecule has 0 saturated carbocycles. The molecule has 0 radical (unpaired) electrons. The first-order valence-electron chi connectivity index (χ1n) is 10.0. The van der Waals surface area contributed by atoms with Crippen LogP contribution < -0.4 is 4.72 Å². The smallest absolute Gasteiger partial charge is 0.215 e. The summed E-state index contributed by atoms with van der Waals surface area (Å²) < 4.78 is 30.4. The molecular formula is C23H26ClN3O2S. The Morgan fingerprint density at radius 2 is 1.77 bits per heavy atom.